The predicted molar refractivity (Wildman–Crippen MR) is 129 cm³/mol. The number of allylic oxidation sites excluding steroid dienone is 2. The van der Waals surface area contributed by atoms with Crippen molar-refractivity contribution in [2.24, 2.45) is 4.99 Å². The molecule has 176 valence electrons. The van der Waals surface area contributed by atoms with Gasteiger partial charge in [-0.15, -0.1) is 0 Å². The molecular formula is C25H30F3N5. The summed E-state index contributed by atoms with van der Waals surface area (Å²) in [5.41, 5.74) is 3.14. The lowest BCUT2D eigenvalue weighted by Gasteiger charge is -2.20. The third kappa shape index (κ3) is 8.21. The average molecular weight is 458 g/mol. The van der Waals surface area contributed by atoms with Crippen LogP contribution in [0.4, 0.5) is 19.0 Å². The lowest BCUT2D eigenvalue weighted by atomic mass is 10.0. The lowest BCUT2D eigenvalue weighted by Crippen LogP contribution is -2.25. The fourth-order valence-corrected chi connectivity index (χ4v) is 3.11. The minimum absolute atomic E-state index is 0.0641. The van der Waals surface area contributed by atoms with Crippen molar-refractivity contribution >= 4 is 17.6 Å². The summed E-state index contributed by atoms with van der Waals surface area (Å²) < 4.78 is 38.9. The fourth-order valence-electron chi connectivity index (χ4n) is 3.11. The lowest BCUT2D eigenvalue weighted by molar-refractivity contribution is -0.141. The molecule has 1 N–H and O–H groups in total. The number of rotatable bonds is 10. The smallest absolute Gasteiger partial charge is 0.360 e. The fraction of sp³-hybridized carbons (Fsp3) is 0.320. The molecule has 2 aromatic rings. The maximum Gasteiger partial charge on any atom is 0.433 e. The summed E-state index contributed by atoms with van der Waals surface area (Å²) in [4.78, 5) is 13.9. The van der Waals surface area contributed by atoms with Crippen LogP contribution in [-0.2, 0) is 6.18 Å². The first-order valence-corrected chi connectivity index (χ1v) is 10.7. The summed E-state index contributed by atoms with van der Waals surface area (Å²) in [6.45, 7) is 12.3. The molecule has 0 aliphatic heterocycles. The largest absolute Gasteiger partial charge is 0.433 e. The molecule has 1 heterocycles. The molecule has 1 aromatic heterocycles. The molecule has 0 amide bonds. The molecule has 0 atom stereocenters. The van der Waals surface area contributed by atoms with E-state index < -0.39 is 11.9 Å². The predicted octanol–water partition coefficient (Wildman–Crippen LogP) is 6.37. The van der Waals surface area contributed by atoms with Gasteiger partial charge in [-0.2, -0.15) is 13.2 Å². The highest BCUT2D eigenvalue weighted by Crippen LogP contribution is 2.28. The minimum Gasteiger partial charge on any atom is -0.360 e. The summed E-state index contributed by atoms with van der Waals surface area (Å²) >= 11 is 0. The van der Waals surface area contributed by atoms with Crippen molar-refractivity contribution < 1.29 is 13.2 Å². The van der Waals surface area contributed by atoms with Crippen LogP contribution in [0.1, 0.15) is 48.5 Å². The molecular weight excluding hydrogens is 427 g/mol. The Kier molecular flexibility index (Phi) is 9.39. The van der Waals surface area contributed by atoms with E-state index in [0.29, 0.717) is 6.67 Å². The highest BCUT2D eigenvalue weighted by Gasteiger charge is 2.33. The Morgan fingerprint density at radius 2 is 1.94 bits per heavy atom. The van der Waals surface area contributed by atoms with Gasteiger partial charge in [-0.3, -0.25) is 4.99 Å². The monoisotopic (exact) mass is 457 g/mol. The van der Waals surface area contributed by atoms with Gasteiger partial charge in [0.25, 0.3) is 0 Å². The van der Waals surface area contributed by atoms with Gasteiger partial charge in [0.15, 0.2) is 0 Å². The van der Waals surface area contributed by atoms with Crippen LogP contribution in [0.25, 0.3) is 6.08 Å². The summed E-state index contributed by atoms with van der Waals surface area (Å²) in [6, 6.07) is 7.05. The van der Waals surface area contributed by atoms with Gasteiger partial charge >= 0.3 is 6.18 Å². The van der Waals surface area contributed by atoms with Gasteiger partial charge in [0.1, 0.15) is 17.3 Å². The maximum absolute atomic E-state index is 13.0. The first kappa shape index (κ1) is 25.8. The van der Waals surface area contributed by atoms with Crippen LogP contribution in [-0.4, -0.2) is 33.8 Å². The Bertz CT molecular complexity index is 1040. The number of halogens is 3. The minimum atomic E-state index is -4.51. The SMILES string of the molecule is C=Cc1cc(C)ccc1C(C)=N/C=C\C=C\N(CCC)CNc1cc(C(F)(F)F)nc(C)n1. The first-order valence-electron chi connectivity index (χ1n) is 10.7. The van der Waals surface area contributed by atoms with E-state index in [4.69, 9.17) is 0 Å². The standard InChI is InChI=1S/C25H30F3N5/c1-6-13-33(17-30-24-16-23(25(26,27)28)31-20(5)32-24)14-9-8-12-29-19(4)22-11-10-18(3)15-21(22)7-2/h7-12,14-16H,2,6,13,17H2,1,3-5H3,(H,30,31,32)/b12-8-,14-9+,29-19?. The van der Waals surface area contributed by atoms with E-state index in [0.717, 1.165) is 41.4 Å². The summed E-state index contributed by atoms with van der Waals surface area (Å²) in [5.74, 6) is 0.200. The molecule has 0 radical (unpaired) electrons. The molecule has 2 rings (SSSR count). The van der Waals surface area contributed by atoms with E-state index in [1.807, 2.05) is 62.2 Å². The van der Waals surface area contributed by atoms with Crippen LogP contribution in [0.3, 0.4) is 0 Å². The third-order valence-corrected chi connectivity index (χ3v) is 4.68. The molecule has 0 bridgehead atoms. The third-order valence-electron chi connectivity index (χ3n) is 4.68. The van der Waals surface area contributed by atoms with Gasteiger partial charge < -0.3 is 10.2 Å². The van der Waals surface area contributed by atoms with Gasteiger partial charge in [0, 0.05) is 36.3 Å². The Balaban J connectivity index is 2.03. The van der Waals surface area contributed by atoms with Crippen molar-refractivity contribution in [2.75, 3.05) is 18.5 Å². The number of alkyl halides is 3. The van der Waals surface area contributed by atoms with Gasteiger partial charge in [-0.25, -0.2) is 9.97 Å². The van der Waals surface area contributed by atoms with Gasteiger partial charge in [-0.05, 0) is 44.9 Å². The van der Waals surface area contributed by atoms with Crippen molar-refractivity contribution in [3.63, 3.8) is 0 Å². The Morgan fingerprint density at radius 3 is 2.61 bits per heavy atom. The van der Waals surface area contributed by atoms with Gasteiger partial charge in [0.05, 0.1) is 6.67 Å². The quantitative estimate of drug-likeness (QED) is 0.256. The van der Waals surface area contributed by atoms with E-state index in [1.165, 1.54) is 6.92 Å². The summed E-state index contributed by atoms with van der Waals surface area (Å²) in [5, 5.41) is 2.94. The molecule has 0 aliphatic carbocycles. The summed E-state index contributed by atoms with van der Waals surface area (Å²) in [6.07, 6.45) is 5.39. The van der Waals surface area contributed by atoms with Crippen LogP contribution >= 0.6 is 0 Å². The number of hydrogen-bond acceptors (Lipinski definition) is 5. The number of hydrogen-bond donors (Lipinski definition) is 1. The zero-order chi connectivity index (χ0) is 24.4. The van der Waals surface area contributed by atoms with Crippen LogP contribution in [0, 0.1) is 13.8 Å². The van der Waals surface area contributed by atoms with Gasteiger partial charge in [0.2, 0.25) is 0 Å². The maximum atomic E-state index is 13.0. The highest BCUT2D eigenvalue weighted by atomic mass is 19.4. The van der Waals surface area contributed by atoms with Gasteiger partial charge in [-0.1, -0.05) is 43.3 Å². The van der Waals surface area contributed by atoms with Crippen molar-refractivity contribution in [1.82, 2.24) is 14.9 Å². The molecule has 0 saturated heterocycles. The molecule has 0 fully saturated rings. The van der Waals surface area contributed by atoms with E-state index in [2.05, 4.69) is 32.9 Å². The molecule has 33 heavy (non-hydrogen) atoms. The van der Waals surface area contributed by atoms with Crippen LogP contribution in [0.15, 0.2) is 60.4 Å². The average Bonchev–Trinajstić information content (AvgIpc) is 2.75. The van der Waals surface area contributed by atoms with Crippen molar-refractivity contribution in [3.05, 3.63) is 83.6 Å². The summed E-state index contributed by atoms with van der Waals surface area (Å²) in [7, 11) is 0. The topological polar surface area (TPSA) is 53.4 Å². The molecule has 0 unspecified atom stereocenters. The first-order chi connectivity index (χ1) is 15.6. The van der Waals surface area contributed by atoms with Crippen LogP contribution < -0.4 is 5.32 Å². The number of anilines is 1. The number of aromatic nitrogens is 2. The second-order valence-corrected chi connectivity index (χ2v) is 7.52. The number of aliphatic imine (C=N–C) groups is 1. The van der Waals surface area contributed by atoms with E-state index in [9.17, 15) is 13.2 Å². The second-order valence-electron chi connectivity index (χ2n) is 7.52. The molecule has 1 aromatic carbocycles. The Morgan fingerprint density at radius 1 is 1.18 bits per heavy atom. The molecule has 0 aliphatic rings. The Hall–Kier alpha value is -3.42. The van der Waals surface area contributed by atoms with E-state index in [-0.39, 0.29) is 11.6 Å². The zero-order valence-corrected chi connectivity index (χ0v) is 19.4. The number of nitrogens with zero attached hydrogens (tertiary/aromatic N) is 4. The molecule has 0 spiro atoms. The van der Waals surface area contributed by atoms with Crippen molar-refractivity contribution in [3.8, 4) is 0 Å². The highest BCUT2D eigenvalue weighted by molar-refractivity contribution is 6.02. The van der Waals surface area contributed by atoms with E-state index >= 15 is 0 Å². The van der Waals surface area contributed by atoms with Crippen molar-refractivity contribution in [1.29, 1.82) is 0 Å². The number of benzene rings is 1. The second kappa shape index (κ2) is 12.0. The molecule has 0 saturated carbocycles. The van der Waals surface area contributed by atoms with Crippen LogP contribution in [0.2, 0.25) is 0 Å². The Labute approximate surface area is 193 Å². The zero-order valence-electron chi connectivity index (χ0n) is 19.4. The molecule has 5 nitrogen and oxygen atoms in total. The number of nitrogens with one attached hydrogen (secondary N) is 1. The van der Waals surface area contributed by atoms with Crippen molar-refractivity contribution in [2.45, 2.75) is 40.3 Å². The normalized spacial score (nSPS) is 12.5. The van der Waals surface area contributed by atoms with E-state index in [1.54, 1.807) is 6.20 Å². The molecule has 8 heteroatoms. The number of aryl methyl sites for hydroxylation is 2. The van der Waals surface area contributed by atoms with Crippen LogP contribution in [0.5, 0.6) is 0 Å².